The molecule has 2 rings (SSSR count). The van der Waals surface area contributed by atoms with Crippen molar-refractivity contribution in [2.75, 3.05) is 6.54 Å². The molecule has 0 saturated heterocycles. The van der Waals surface area contributed by atoms with Crippen molar-refractivity contribution >= 4 is 7.85 Å². The van der Waals surface area contributed by atoms with Crippen molar-refractivity contribution in [2.24, 2.45) is 29.4 Å². The van der Waals surface area contributed by atoms with Gasteiger partial charge in [-0.05, 0) is 43.1 Å². The summed E-state index contributed by atoms with van der Waals surface area (Å²) < 4.78 is 0. The number of fused-ring (bicyclic) bond motifs is 1. The van der Waals surface area contributed by atoms with Crippen LogP contribution in [-0.2, 0) is 0 Å². The lowest BCUT2D eigenvalue weighted by Gasteiger charge is -2.13. The first-order chi connectivity index (χ1) is 5.86. The minimum atomic E-state index is 0.859. The van der Waals surface area contributed by atoms with Crippen molar-refractivity contribution in [3.63, 3.8) is 0 Å². The van der Waals surface area contributed by atoms with Gasteiger partial charge in [0, 0.05) is 0 Å². The lowest BCUT2D eigenvalue weighted by atomic mass is 9.90. The summed E-state index contributed by atoms with van der Waals surface area (Å²) in [6, 6.07) is 0. The summed E-state index contributed by atoms with van der Waals surface area (Å²) in [6.07, 6.45) is 6.30. The fourth-order valence-electron chi connectivity index (χ4n) is 3.04. The van der Waals surface area contributed by atoms with Crippen LogP contribution in [0.25, 0.3) is 0 Å². The molecule has 2 heteroatoms. The van der Waals surface area contributed by atoms with Gasteiger partial charge in [0.05, 0.1) is 7.85 Å². The van der Waals surface area contributed by atoms with Crippen molar-refractivity contribution in [3.8, 4) is 0 Å². The maximum absolute atomic E-state index is 5.72. The Balaban J connectivity index is 1.79. The first kappa shape index (κ1) is 8.62. The highest BCUT2D eigenvalue weighted by molar-refractivity contribution is 6.08. The van der Waals surface area contributed by atoms with Crippen molar-refractivity contribution in [3.05, 3.63) is 0 Å². The molecule has 2 fully saturated rings. The molecular formula is C10H18BN. The summed E-state index contributed by atoms with van der Waals surface area (Å²) in [5.41, 5.74) is 5.72. The van der Waals surface area contributed by atoms with Crippen LogP contribution < -0.4 is 5.73 Å². The van der Waals surface area contributed by atoms with Crippen LogP contribution in [0.3, 0.4) is 0 Å². The van der Waals surface area contributed by atoms with Crippen LogP contribution in [-0.4, -0.2) is 14.4 Å². The highest BCUT2D eigenvalue weighted by Crippen LogP contribution is 2.59. The Bertz CT molecular complexity index is 160. The fourth-order valence-corrected chi connectivity index (χ4v) is 3.04. The van der Waals surface area contributed by atoms with Gasteiger partial charge < -0.3 is 5.73 Å². The van der Waals surface area contributed by atoms with E-state index in [1.807, 2.05) is 0 Å². The van der Waals surface area contributed by atoms with Crippen LogP contribution in [0.1, 0.15) is 25.7 Å². The van der Waals surface area contributed by atoms with E-state index in [0.717, 1.165) is 36.5 Å². The van der Waals surface area contributed by atoms with Gasteiger partial charge in [-0.15, -0.1) is 0 Å². The monoisotopic (exact) mass is 163 g/mol. The van der Waals surface area contributed by atoms with Gasteiger partial charge in [0.2, 0.25) is 0 Å². The van der Waals surface area contributed by atoms with E-state index in [2.05, 4.69) is 0 Å². The maximum atomic E-state index is 5.72. The second-order valence-corrected chi connectivity index (χ2v) is 4.49. The van der Waals surface area contributed by atoms with Gasteiger partial charge in [0.1, 0.15) is 0 Å². The molecular weight excluding hydrogens is 145 g/mol. The number of hydrogen-bond donors (Lipinski definition) is 1. The average Bonchev–Trinajstić information content (AvgIpc) is 2.80. The maximum Gasteiger partial charge on any atom is 0.0653 e. The third kappa shape index (κ3) is 1.41. The van der Waals surface area contributed by atoms with E-state index < -0.39 is 0 Å². The van der Waals surface area contributed by atoms with E-state index in [0.29, 0.717) is 0 Å². The molecule has 4 atom stereocenters. The zero-order chi connectivity index (χ0) is 8.55. The van der Waals surface area contributed by atoms with Crippen molar-refractivity contribution in [2.45, 2.75) is 32.0 Å². The standard InChI is InChI=1S/C10H18BN/c11-3-1-2-7-4-8(6-12)10-5-9(7)10/h7-10H,1-6,12H2. The number of nitrogens with two attached hydrogens (primary N) is 1. The second kappa shape index (κ2) is 3.41. The molecule has 0 bridgehead atoms. The van der Waals surface area contributed by atoms with Crippen LogP contribution in [0.15, 0.2) is 0 Å². The van der Waals surface area contributed by atoms with E-state index in [-0.39, 0.29) is 0 Å². The Morgan fingerprint density at radius 1 is 1.17 bits per heavy atom. The molecule has 2 saturated carbocycles. The number of rotatable bonds is 4. The summed E-state index contributed by atoms with van der Waals surface area (Å²) in [5.74, 6) is 3.90. The van der Waals surface area contributed by atoms with Gasteiger partial charge in [0.15, 0.2) is 0 Å². The third-order valence-electron chi connectivity index (χ3n) is 3.79. The number of hydrogen-bond acceptors (Lipinski definition) is 1. The van der Waals surface area contributed by atoms with Gasteiger partial charge in [-0.3, -0.25) is 0 Å². The molecule has 0 aromatic heterocycles. The van der Waals surface area contributed by atoms with E-state index in [1.165, 1.54) is 25.7 Å². The Hall–Kier alpha value is 0.0249. The highest BCUT2D eigenvalue weighted by Gasteiger charge is 2.52. The normalized spacial score (nSPS) is 44.4. The van der Waals surface area contributed by atoms with Crippen LogP contribution in [0.5, 0.6) is 0 Å². The first-order valence-electron chi connectivity index (χ1n) is 5.27. The highest BCUT2D eigenvalue weighted by atomic mass is 14.7. The van der Waals surface area contributed by atoms with Crippen LogP contribution >= 0.6 is 0 Å². The zero-order valence-corrected chi connectivity index (χ0v) is 7.71. The average molecular weight is 163 g/mol. The van der Waals surface area contributed by atoms with Crippen molar-refractivity contribution in [1.29, 1.82) is 0 Å². The Kier molecular flexibility index (Phi) is 2.45. The Morgan fingerprint density at radius 2 is 1.92 bits per heavy atom. The van der Waals surface area contributed by atoms with Crippen LogP contribution in [0.2, 0.25) is 6.32 Å². The Labute approximate surface area is 76.5 Å². The lowest BCUT2D eigenvalue weighted by molar-refractivity contribution is 0.394. The van der Waals surface area contributed by atoms with Crippen molar-refractivity contribution in [1.82, 2.24) is 0 Å². The minimum Gasteiger partial charge on any atom is -0.330 e. The molecule has 0 aromatic rings. The zero-order valence-electron chi connectivity index (χ0n) is 7.71. The van der Waals surface area contributed by atoms with E-state index in [1.54, 1.807) is 0 Å². The second-order valence-electron chi connectivity index (χ2n) is 4.49. The summed E-state index contributed by atoms with van der Waals surface area (Å²) in [7, 11) is 5.51. The predicted molar refractivity (Wildman–Crippen MR) is 52.0 cm³/mol. The SMILES string of the molecule is [B]CCCC1CC(CN)C2CC12. The largest absolute Gasteiger partial charge is 0.330 e. The van der Waals surface area contributed by atoms with Crippen LogP contribution in [0, 0.1) is 23.7 Å². The molecule has 66 valence electrons. The molecule has 2 radical (unpaired) electrons. The molecule has 0 amide bonds. The van der Waals surface area contributed by atoms with E-state index in [9.17, 15) is 0 Å². The molecule has 0 spiro atoms. The summed E-state index contributed by atoms with van der Waals surface area (Å²) >= 11 is 0. The van der Waals surface area contributed by atoms with Crippen LogP contribution in [0.4, 0.5) is 0 Å². The van der Waals surface area contributed by atoms with Gasteiger partial charge in [-0.1, -0.05) is 19.2 Å². The first-order valence-corrected chi connectivity index (χ1v) is 5.27. The smallest absolute Gasteiger partial charge is 0.0653 e. The van der Waals surface area contributed by atoms with E-state index in [4.69, 9.17) is 13.6 Å². The molecule has 2 aliphatic rings. The summed E-state index contributed by atoms with van der Waals surface area (Å²) in [4.78, 5) is 0. The van der Waals surface area contributed by atoms with Gasteiger partial charge in [-0.2, -0.15) is 0 Å². The molecule has 2 aliphatic carbocycles. The molecule has 0 aliphatic heterocycles. The molecule has 2 N–H and O–H groups in total. The molecule has 1 nitrogen and oxygen atoms in total. The minimum absolute atomic E-state index is 0.859. The fraction of sp³-hybridized carbons (Fsp3) is 1.00. The third-order valence-corrected chi connectivity index (χ3v) is 3.79. The summed E-state index contributed by atoms with van der Waals surface area (Å²) in [6.45, 7) is 0.917. The molecule has 12 heavy (non-hydrogen) atoms. The van der Waals surface area contributed by atoms with Crippen molar-refractivity contribution < 1.29 is 0 Å². The summed E-state index contributed by atoms with van der Waals surface area (Å²) in [5, 5.41) is 0. The van der Waals surface area contributed by atoms with Gasteiger partial charge in [-0.25, -0.2) is 0 Å². The topological polar surface area (TPSA) is 26.0 Å². The molecule has 0 aromatic carbocycles. The Morgan fingerprint density at radius 3 is 2.50 bits per heavy atom. The molecule has 4 unspecified atom stereocenters. The molecule has 0 heterocycles. The van der Waals surface area contributed by atoms with Gasteiger partial charge in [0.25, 0.3) is 0 Å². The quantitative estimate of drug-likeness (QED) is 0.625. The van der Waals surface area contributed by atoms with Gasteiger partial charge >= 0.3 is 0 Å². The lowest BCUT2D eigenvalue weighted by Crippen LogP contribution is -2.14. The predicted octanol–water partition coefficient (Wildman–Crippen LogP) is 1.58. The van der Waals surface area contributed by atoms with E-state index >= 15 is 0 Å².